The van der Waals surface area contributed by atoms with Crippen LogP contribution in [0.25, 0.3) is 0 Å². The Labute approximate surface area is 124 Å². The van der Waals surface area contributed by atoms with E-state index in [1.165, 1.54) is 0 Å². The summed E-state index contributed by atoms with van der Waals surface area (Å²) in [4.78, 5) is 12.1. The molecule has 2 nitrogen and oxygen atoms in total. The second-order valence-electron chi connectivity index (χ2n) is 5.05. The molecule has 2 rings (SSSR count). The van der Waals surface area contributed by atoms with Crippen molar-refractivity contribution < 1.29 is 4.79 Å². The van der Waals surface area contributed by atoms with E-state index in [9.17, 15) is 4.79 Å². The molecular formula is C17H18ClNO. The van der Waals surface area contributed by atoms with Crippen LogP contribution in [0.2, 0.25) is 5.02 Å². The highest BCUT2D eigenvalue weighted by Crippen LogP contribution is 2.16. The molecule has 0 heterocycles. The molecule has 0 spiro atoms. The lowest BCUT2D eigenvalue weighted by Crippen LogP contribution is -2.19. The van der Waals surface area contributed by atoms with Crippen LogP contribution in [-0.4, -0.2) is 11.8 Å². The Morgan fingerprint density at radius 1 is 1.10 bits per heavy atom. The minimum absolute atomic E-state index is 0.0741. The number of hydrogen-bond acceptors (Lipinski definition) is 2. The third kappa shape index (κ3) is 4.10. The molecule has 0 aliphatic heterocycles. The van der Waals surface area contributed by atoms with Crippen LogP contribution in [0.5, 0.6) is 0 Å². The van der Waals surface area contributed by atoms with E-state index in [4.69, 9.17) is 11.6 Å². The van der Waals surface area contributed by atoms with E-state index in [2.05, 4.69) is 5.32 Å². The zero-order valence-corrected chi connectivity index (χ0v) is 12.4. The Bertz CT molecular complexity index is 575. The minimum Gasteiger partial charge on any atom is -0.382 e. The summed E-state index contributed by atoms with van der Waals surface area (Å²) in [5.74, 6) is 0.152. The maximum Gasteiger partial charge on any atom is 0.164 e. The van der Waals surface area contributed by atoms with Crippen LogP contribution >= 0.6 is 11.6 Å². The number of anilines is 1. The molecule has 1 unspecified atom stereocenters. The van der Waals surface area contributed by atoms with Gasteiger partial charge in [-0.05, 0) is 38.1 Å². The fourth-order valence-electron chi connectivity index (χ4n) is 2.02. The van der Waals surface area contributed by atoms with Gasteiger partial charge in [-0.1, -0.05) is 41.4 Å². The lowest BCUT2D eigenvalue weighted by molar-refractivity contribution is 0.0978. The largest absolute Gasteiger partial charge is 0.382 e. The lowest BCUT2D eigenvalue weighted by Gasteiger charge is -2.14. The highest BCUT2D eigenvalue weighted by Gasteiger charge is 2.11. The van der Waals surface area contributed by atoms with Gasteiger partial charge in [0, 0.05) is 28.7 Å². The number of hydrogen-bond donors (Lipinski definition) is 1. The van der Waals surface area contributed by atoms with Crippen LogP contribution in [-0.2, 0) is 0 Å². The van der Waals surface area contributed by atoms with Crippen LogP contribution in [0, 0.1) is 6.92 Å². The normalized spacial score (nSPS) is 11.9. The van der Waals surface area contributed by atoms with Crippen LogP contribution in [0.1, 0.15) is 29.3 Å². The number of Topliss-reactive ketones (excluding diaryl/α,β-unsaturated/α-hetero) is 1. The second-order valence-corrected chi connectivity index (χ2v) is 5.48. The number of carbonyl (C=O) groups is 1. The molecular weight excluding hydrogens is 270 g/mol. The van der Waals surface area contributed by atoms with E-state index in [-0.39, 0.29) is 11.8 Å². The molecule has 104 valence electrons. The van der Waals surface area contributed by atoms with Gasteiger partial charge in [-0.3, -0.25) is 4.79 Å². The van der Waals surface area contributed by atoms with Gasteiger partial charge in [-0.2, -0.15) is 0 Å². The topological polar surface area (TPSA) is 29.1 Å². The Balaban J connectivity index is 1.93. The van der Waals surface area contributed by atoms with E-state index in [0.29, 0.717) is 11.4 Å². The van der Waals surface area contributed by atoms with Crippen molar-refractivity contribution in [2.24, 2.45) is 0 Å². The average molecular weight is 288 g/mol. The molecule has 2 aromatic rings. The lowest BCUT2D eigenvalue weighted by atomic mass is 10.0. The van der Waals surface area contributed by atoms with E-state index >= 15 is 0 Å². The predicted octanol–water partition coefficient (Wildman–Crippen LogP) is 4.72. The first-order chi connectivity index (χ1) is 9.54. The highest BCUT2D eigenvalue weighted by atomic mass is 35.5. The molecule has 0 aromatic heterocycles. The summed E-state index contributed by atoms with van der Waals surface area (Å²) in [5, 5.41) is 4.01. The van der Waals surface area contributed by atoms with Crippen molar-refractivity contribution in [3.63, 3.8) is 0 Å². The zero-order valence-electron chi connectivity index (χ0n) is 11.7. The quantitative estimate of drug-likeness (QED) is 0.806. The van der Waals surface area contributed by atoms with Gasteiger partial charge in [-0.25, -0.2) is 0 Å². The Kier molecular flexibility index (Phi) is 4.80. The van der Waals surface area contributed by atoms with Crippen molar-refractivity contribution >= 4 is 23.1 Å². The van der Waals surface area contributed by atoms with E-state index in [0.717, 1.165) is 16.8 Å². The molecule has 2 aromatic carbocycles. The molecule has 0 amide bonds. The van der Waals surface area contributed by atoms with Gasteiger partial charge in [0.15, 0.2) is 5.78 Å². The van der Waals surface area contributed by atoms with Crippen molar-refractivity contribution in [2.75, 3.05) is 5.32 Å². The van der Waals surface area contributed by atoms with Gasteiger partial charge in [-0.15, -0.1) is 0 Å². The van der Waals surface area contributed by atoms with Crippen molar-refractivity contribution in [1.29, 1.82) is 0 Å². The van der Waals surface area contributed by atoms with Gasteiger partial charge in [0.2, 0.25) is 0 Å². The minimum atomic E-state index is 0.0741. The molecule has 0 radical (unpaired) electrons. The summed E-state index contributed by atoms with van der Waals surface area (Å²) >= 11 is 5.84. The molecule has 1 N–H and O–H groups in total. The smallest absolute Gasteiger partial charge is 0.164 e. The van der Waals surface area contributed by atoms with Gasteiger partial charge >= 0.3 is 0 Å². The standard InChI is InChI=1S/C17H18ClNO/c1-12-3-5-14(6-4-12)17(20)11-13(2)19-16-9-7-15(18)8-10-16/h3-10,13,19H,11H2,1-2H3. The van der Waals surface area contributed by atoms with Crippen LogP contribution < -0.4 is 5.32 Å². The molecule has 3 heteroatoms. The summed E-state index contributed by atoms with van der Waals surface area (Å²) in [5.41, 5.74) is 2.90. The first-order valence-electron chi connectivity index (χ1n) is 6.66. The number of ketones is 1. The monoisotopic (exact) mass is 287 g/mol. The summed E-state index contributed by atoms with van der Waals surface area (Å²) in [7, 11) is 0. The maximum absolute atomic E-state index is 12.1. The van der Waals surface area contributed by atoms with Crippen molar-refractivity contribution in [3.05, 3.63) is 64.7 Å². The third-order valence-electron chi connectivity index (χ3n) is 3.12. The maximum atomic E-state index is 12.1. The first kappa shape index (κ1) is 14.6. The van der Waals surface area contributed by atoms with Crippen LogP contribution in [0.3, 0.4) is 0 Å². The average Bonchev–Trinajstić information content (AvgIpc) is 2.42. The number of benzene rings is 2. The highest BCUT2D eigenvalue weighted by molar-refractivity contribution is 6.30. The summed E-state index contributed by atoms with van der Waals surface area (Å²) in [6.45, 7) is 4.01. The molecule has 1 atom stereocenters. The van der Waals surface area contributed by atoms with Gasteiger partial charge in [0.25, 0.3) is 0 Å². The Morgan fingerprint density at radius 3 is 2.30 bits per heavy atom. The Morgan fingerprint density at radius 2 is 1.70 bits per heavy atom. The van der Waals surface area contributed by atoms with Crippen molar-refractivity contribution in [1.82, 2.24) is 0 Å². The molecule has 0 saturated heterocycles. The first-order valence-corrected chi connectivity index (χ1v) is 7.04. The number of halogens is 1. The molecule has 0 fully saturated rings. The molecule has 0 aliphatic rings. The van der Waals surface area contributed by atoms with Gasteiger partial charge < -0.3 is 5.32 Å². The third-order valence-corrected chi connectivity index (χ3v) is 3.37. The van der Waals surface area contributed by atoms with Crippen molar-refractivity contribution in [3.8, 4) is 0 Å². The summed E-state index contributed by atoms with van der Waals surface area (Å²) in [6.07, 6.45) is 0.464. The molecule has 0 bridgehead atoms. The van der Waals surface area contributed by atoms with Crippen molar-refractivity contribution in [2.45, 2.75) is 26.3 Å². The van der Waals surface area contributed by atoms with Crippen LogP contribution in [0.4, 0.5) is 5.69 Å². The zero-order chi connectivity index (χ0) is 14.5. The number of nitrogens with one attached hydrogen (secondary N) is 1. The number of carbonyl (C=O) groups excluding carboxylic acids is 1. The summed E-state index contributed by atoms with van der Waals surface area (Å²) in [6, 6.07) is 15.3. The van der Waals surface area contributed by atoms with Gasteiger partial charge in [0.1, 0.15) is 0 Å². The SMILES string of the molecule is Cc1ccc(C(=O)CC(C)Nc2ccc(Cl)cc2)cc1. The fraction of sp³-hybridized carbons (Fsp3) is 0.235. The number of rotatable bonds is 5. The van der Waals surface area contributed by atoms with E-state index < -0.39 is 0 Å². The Hall–Kier alpha value is -1.80. The van der Waals surface area contributed by atoms with E-state index in [1.807, 2.05) is 62.4 Å². The van der Waals surface area contributed by atoms with E-state index in [1.54, 1.807) is 0 Å². The summed E-state index contributed by atoms with van der Waals surface area (Å²) < 4.78 is 0. The molecule has 0 aliphatic carbocycles. The van der Waals surface area contributed by atoms with Gasteiger partial charge in [0.05, 0.1) is 0 Å². The molecule has 20 heavy (non-hydrogen) atoms. The predicted molar refractivity (Wildman–Crippen MR) is 84.7 cm³/mol. The second kappa shape index (κ2) is 6.58. The number of aryl methyl sites for hydroxylation is 1. The molecule has 0 saturated carbocycles. The van der Waals surface area contributed by atoms with Crippen LogP contribution in [0.15, 0.2) is 48.5 Å². The fourth-order valence-corrected chi connectivity index (χ4v) is 2.14.